The van der Waals surface area contributed by atoms with Gasteiger partial charge in [-0.25, -0.2) is 0 Å². The lowest BCUT2D eigenvalue weighted by molar-refractivity contribution is 0.0948. The standard InChI is InChI=1S/C13H9ClN2O2/c14-12-5-4-11(18-12)8-16-13(17)10-3-1-2-9(6-10)7-15/h1-6H,8H2,(H,16,17). The molecule has 0 saturated carbocycles. The van der Waals surface area contributed by atoms with E-state index in [9.17, 15) is 4.79 Å². The Labute approximate surface area is 109 Å². The van der Waals surface area contributed by atoms with Gasteiger partial charge in [0.25, 0.3) is 5.91 Å². The molecule has 1 heterocycles. The van der Waals surface area contributed by atoms with Gasteiger partial charge in [-0.2, -0.15) is 5.26 Å². The first-order valence-electron chi connectivity index (χ1n) is 5.21. The summed E-state index contributed by atoms with van der Waals surface area (Å²) in [4.78, 5) is 11.8. The summed E-state index contributed by atoms with van der Waals surface area (Å²) < 4.78 is 5.11. The summed E-state index contributed by atoms with van der Waals surface area (Å²) in [5.74, 6) is 0.310. The molecule has 2 rings (SSSR count). The SMILES string of the molecule is N#Cc1cccc(C(=O)NCc2ccc(Cl)o2)c1. The lowest BCUT2D eigenvalue weighted by Gasteiger charge is -2.03. The number of nitrogens with one attached hydrogen (secondary N) is 1. The van der Waals surface area contributed by atoms with Crippen LogP contribution in [0.4, 0.5) is 0 Å². The van der Waals surface area contributed by atoms with E-state index in [0.717, 1.165) is 0 Å². The Hall–Kier alpha value is -2.25. The number of hydrogen-bond acceptors (Lipinski definition) is 3. The molecule has 0 fully saturated rings. The Morgan fingerprint density at radius 1 is 1.39 bits per heavy atom. The maximum absolute atomic E-state index is 11.8. The number of hydrogen-bond donors (Lipinski definition) is 1. The third kappa shape index (κ3) is 2.90. The average Bonchev–Trinajstić information content (AvgIpc) is 2.82. The molecule has 0 radical (unpaired) electrons. The predicted octanol–water partition coefficient (Wildman–Crippen LogP) is 2.73. The van der Waals surface area contributed by atoms with Gasteiger partial charge in [-0.1, -0.05) is 6.07 Å². The number of benzene rings is 1. The van der Waals surface area contributed by atoms with Gasteiger partial charge in [-0.3, -0.25) is 4.79 Å². The van der Waals surface area contributed by atoms with Gasteiger partial charge in [-0.05, 0) is 41.9 Å². The van der Waals surface area contributed by atoms with Gasteiger partial charge in [0, 0.05) is 5.56 Å². The highest BCUT2D eigenvalue weighted by atomic mass is 35.5. The minimum Gasteiger partial charge on any atom is -0.448 e. The molecule has 4 nitrogen and oxygen atoms in total. The average molecular weight is 261 g/mol. The smallest absolute Gasteiger partial charge is 0.251 e. The fourth-order valence-corrected chi connectivity index (χ4v) is 1.61. The lowest BCUT2D eigenvalue weighted by atomic mass is 10.1. The molecular weight excluding hydrogens is 252 g/mol. The second-order valence-electron chi connectivity index (χ2n) is 3.58. The van der Waals surface area contributed by atoms with Gasteiger partial charge in [0.15, 0.2) is 5.22 Å². The molecule has 90 valence electrons. The van der Waals surface area contributed by atoms with Crippen molar-refractivity contribution < 1.29 is 9.21 Å². The first-order valence-corrected chi connectivity index (χ1v) is 5.59. The summed E-state index contributed by atoms with van der Waals surface area (Å²) in [6.07, 6.45) is 0. The highest BCUT2D eigenvalue weighted by Crippen LogP contribution is 2.13. The van der Waals surface area contributed by atoms with Crippen LogP contribution < -0.4 is 5.32 Å². The highest BCUT2D eigenvalue weighted by molar-refractivity contribution is 6.28. The van der Waals surface area contributed by atoms with E-state index in [4.69, 9.17) is 21.3 Å². The van der Waals surface area contributed by atoms with Gasteiger partial charge < -0.3 is 9.73 Å². The van der Waals surface area contributed by atoms with Crippen LogP contribution in [-0.4, -0.2) is 5.91 Å². The molecule has 0 aliphatic rings. The first kappa shape index (κ1) is 12.2. The fourth-order valence-electron chi connectivity index (χ4n) is 1.45. The number of carbonyl (C=O) groups is 1. The minimum atomic E-state index is -0.264. The fraction of sp³-hybridized carbons (Fsp3) is 0.0769. The lowest BCUT2D eigenvalue weighted by Crippen LogP contribution is -2.22. The molecule has 1 amide bonds. The third-order valence-electron chi connectivity index (χ3n) is 2.31. The molecule has 1 aromatic heterocycles. The molecule has 18 heavy (non-hydrogen) atoms. The molecule has 5 heteroatoms. The number of carbonyl (C=O) groups excluding carboxylic acids is 1. The maximum Gasteiger partial charge on any atom is 0.251 e. The van der Waals surface area contributed by atoms with Crippen molar-refractivity contribution in [1.82, 2.24) is 5.32 Å². The molecule has 0 saturated heterocycles. The molecule has 1 N–H and O–H groups in total. The topological polar surface area (TPSA) is 66.0 Å². The van der Waals surface area contributed by atoms with E-state index in [1.54, 1.807) is 30.3 Å². The number of nitrogens with zero attached hydrogens (tertiary/aromatic N) is 1. The van der Waals surface area contributed by atoms with E-state index in [1.165, 1.54) is 6.07 Å². The van der Waals surface area contributed by atoms with Gasteiger partial charge >= 0.3 is 0 Å². The summed E-state index contributed by atoms with van der Waals surface area (Å²) in [7, 11) is 0. The Bertz CT molecular complexity index is 613. The number of nitriles is 1. The molecule has 0 unspecified atom stereocenters. The first-order chi connectivity index (χ1) is 8.69. The number of furan rings is 1. The number of halogens is 1. The molecule has 0 spiro atoms. The Morgan fingerprint density at radius 3 is 2.89 bits per heavy atom. The molecule has 1 aromatic carbocycles. The van der Waals surface area contributed by atoms with Gasteiger partial charge in [0.05, 0.1) is 18.2 Å². The van der Waals surface area contributed by atoms with Crippen LogP contribution in [0.2, 0.25) is 5.22 Å². The van der Waals surface area contributed by atoms with Crippen LogP contribution in [-0.2, 0) is 6.54 Å². The summed E-state index contributed by atoms with van der Waals surface area (Å²) >= 11 is 5.62. The van der Waals surface area contributed by atoms with Crippen LogP contribution in [0.3, 0.4) is 0 Å². The van der Waals surface area contributed by atoms with Crippen molar-refractivity contribution >= 4 is 17.5 Å². The van der Waals surface area contributed by atoms with E-state index in [0.29, 0.717) is 16.9 Å². The number of amides is 1. The maximum atomic E-state index is 11.8. The van der Waals surface area contributed by atoms with Crippen molar-refractivity contribution in [2.24, 2.45) is 0 Å². The summed E-state index contributed by atoms with van der Waals surface area (Å²) in [5, 5.41) is 11.7. The van der Waals surface area contributed by atoms with Crippen molar-refractivity contribution in [2.45, 2.75) is 6.54 Å². The summed E-state index contributed by atoms with van der Waals surface area (Å²) in [6, 6.07) is 11.8. The molecule has 0 atom stereocenters. The zero-order valence-electron chi connectivity index (χ0n) is 9.31. The van der Waals surface area contributed by atoms with E-state index >= 15 is 0 Å². The molecule has 2 aromatic rings. The van der Waals surface area contributed by atoms with Crippen LogP contribution in [0.25, 0.3) is 0 Å². The molecular formula is C13H9ClN2O2. The number of rotatable bonds is 3. The van der Waals surface area contributed by atoms with Gasteiger partial charge in [0.2, 0.25) is 0 Å². The van der Waals surface area contributed by atoms with Crippen molar-refractivity contribution in [3.8, 4) is 6.07 Å². The normalized spacial score (nSPS) is 9.78. The Morgan fingerprint density at radius 2 is 2.22 bits per heavy atom. The van der Waals surface area contributed by atoms with E-state index in [-0.39, 0.29) is 17.7 Å². The molecule has 0 aliphatic heterocycles. The third-order valence-corrected chi connectivity index (χ3v) is 2.51. The monoisotopic (exact) mass is 260 g/mol. The summed E-state index contributed by atoms with van der Waals surface area (Å²) in [5.41, 5.74) is 0.885. The van der Waals surface area contributed by atoms with E-state index in [2.05, 4.69) is 5.32 Å². The van der Waals surface area contributed by atoms with E-state index in [1.807, 2.05) is 6.07 Å². The zero-order valence-corrected chi connectivity index (χ0v) is 10.1. The van der Waals surface area contributed by atoms with Gasteiger partial charge in [-0.15, -0.1) is 0 Å². The highest BCUT2D eigenvalue weighted by Gasteiger charge is 2.07. The van der Waals surface area contributed by atoms with Crippen molar-refractivity contribution in [3.63, 3.8) is 0 Å². The quantitative estimate of drug-likeness (QED) is 0.923. The second kappa shape index (κ2) is 5.39. The second-order valence-corrected chi connectivity index (χ2v) is 3.95. The van der Waals surface area contributed by atoms with Crippen molar-refractivity contribution in [2.75, 3.05) is 0 Å². The Kier molecular flexibility index (Phi) is 3.66. The zero-order chi connectivity index (χ0) is 13.0. The van der Waals surface area contributed by atoms with Crippen LogP contribution in [0.1, 0.15) is 21.7 Å². The van der Waals surface area contributed by atoms with Crippen LogP contribution in [0.15, 0.2) is 40.8 Å². The Balaban J connectivity index is 2.01. The minimum absolute atomic E-state index is 0.252. The molecule has 0 bridgehead atoms. The largest absolute Gasteiger partial charge is 0.448 e. The predicted molar refractivity (Wildman–Crippen MR) is 66.0 cm³/mol. The van der Waals surface area contributed by atoms with E-state index < -0.39 is 0 Å². The van der Waals surface area contributed by atoms with Crippen LogP contribution >= 0.6 is 11.6 Å². The van der Waals surface area contributed by atoms with Gasteiger partial charge in [0.1, 0.15) is 5.76 Å². The van der Waals surface area contributed by atoms with Crippen molar-refractivity contribution in [3.05, 3.63) is 58.5 Å². The molecule has 0 aliphatic carbocycles. The van der Waals surface area contributed by atoms with Crippen LogP contribution in [0.5, 0.6) is 0 Å². The van der Waals surface area contributed by atoms with Crippen LogP contribution in [0, 0.1) is 11.3 Å². The summed E-state index contributed by atoms with van der Waals surface area (Å²) in [6.45, 7) is 0.252. The van der Waals surface area contributed by atoms with Crippen molar-refractivity contribution in [1.29, 1.82) is 5.26 Å².